The van der Waals surface area contributed by atoms with Crippen molar-refractivity contribution in [2.45, 2.75) is 25.9 Å². The van der Waals surface area contributed by atoms with Gasteiger partial charge in [0.1, 0.15) is 0 Å². The fraction of sp³-hybridized carbons (Fsp3) is 0.357. The lowest BCUT2D eigenvalue weighted by atomic mass is 10.0. The Labute approximate surface area is 130 Å². The van der Waals surface area contributed by atoms with E-state index in [2.05, 4.69) is 67.4 Å². The molecule has 0 saturated carbocycles. The van der Waals surface area contributed by atoms with Crippen LogP contribution < -0.4 is 5.32 Å². The maximum atomic E-state index is 4.38. The van der Waals surface area contributed by atoms with Crippen molar-refractivity contribution in [2.24, 2.45) is 0 Å². The molecule has 19 heavy (non-hydrogen) atoms. The van der Waals surface area contributed by atoms with Gasteiger partial charge in [-0.15, -0.1) is 0 Å². The summed E-state index contributed by atoms with van der Waals surface area (Å²) in [4.78, 5) is 0. The SMILES string of the molecule is CCn1ncc(Br)c1C(Cc1cccc(Br)c1)NC. The Morgan fingerprint density at radius 1 is 1.37 bits per heavy atom. The predicted molar refractivity (Wildman–Crippen MR) is 85.2 cm³/mol. The summed E-state index contributed by atoms with van der Waals surface area (Å²) in [6.45, 7) is 2.98. The molecule has 102 valence electrons. The van der Waals surface area contributed by atoms with E-state index >= 15 is 0 Å². The first-order valence-electron chi connectivity index (χ1n) is 6.28. The van der Waals surface area contributed by atoms with Gasteiger partial charge in [-0.05, 0) is 54.0 Å². The molecule has 0 aliphatic rings. The molecule has 1 atom stereocenters. The van der Waals surface area contributed by atoms with Gasteiger partial charge in [0.2, 0.25) is 0 Å². The summed E-state index contributed by atoms with van der Waals surface area (Å²) in [5.41, 5.74) is 2.49. The number of nitrogens with zero attached hydrogens (tertiary/aromatic N) is 2. The van der Waals surface area contributed by atoms with Crippen molar-refractivity contribution in [3.05, 3.63) is 50.7 Å². The van der Waals surface area contributed by atoms with Crippen LogP contribution in [0.3, 0.4) is 0 Å². The van der Waals surface area contributed by atoms with Crippen molar-refractivity contribution in [1.82, 2.24) is 15.1 Å². The second-order valence-electron chi connectivity index (χ2n) is 4.37. The molecule has 0 fully saturated rings. The summed E-state index contributed by atoms with van der Waals surface area (Å²) in [6.07, 6.45) is 2.80. The minimum atomic E-state index is 0.242. The number of aryl methyl sites for hydroxylation is 1. The van der Waals surface area contributed by atoms with Crippen LogP contribution in [0.25, 0.3) is 0 Å². The van der Waals surface area contributed by atoms with Crippen molar-refractivity contribution in [3.8, 4) is 0 Å². The number of halogens is 2. The third-order valence-electron chi connectivity index (χ3n) is 3.14. The Kier molecular flexibility index (Phi) is 5.19. The monoisotopic (exact) mass is 385 g/mol. The number of benzene rings is 1. The van der Waals surface area contributed by atoms with E-state index in [1.807, 2.05) is 24.0 Å². The molecule has 0 radical (unpaired) electrons. The zero-order valence-corrected chi connectivity index (χ0v) is 14.2. The van der Waals surface area contributed by atoms with Crippen molar-refractivity contribution in [1.29, 1.82) is 0 Å². The predicted octanol–water partition coefficient (Wildman–Crippen LogP) is 3.93. The van der Waals surface area contributed by atoms with E-state index in [4.69, 9.17) is 0 Å². The van der Waals surface area contributed by atoms with E-state index in [1.54, 1.807) is 0 Å². The quantitative estimate of drug-likeness (QED) is 0.843. The Hall–Kier alpha value is -0.650. The number of likely N-dealkylation sites (N-methyl/N-ethyl adjacent to an activating group) is 1. The van der Waals surface area contributed by atoms with Crippen molar-refractivity contribution < 1.29 is 0 Å². The molecule has 2 rings (SSSR count). The van der Waals surface area contributed by atoms with Gasteiger partial charge >= 0.3 is 0 Å². The average molecular weight is 387 g/mol. The largest absolute Gasteiger partial charge is 0.311 e. The van der Waals surface area contributed by atoms with Gasteiger partial charge in [-0.25, -0.2) is 0 Å². The Morgan fingerprint density at radius 2 is 2.16 bits per heavy atom. The minimum Gasteiger partial charge on any atom is -0.311 e. The van der Waals surface area contributed by atoms with E-state index in [9.17, 15) is 0 Å². The van der Waals surface area contributed by atoms with E-state index in [-0.39, 0.29) is 6.04 Å². The summed E-state index contributed by atoms with van der Waals surface area (Å²) >= 11 is 7.11. The van der Waals surface area contributed by atoms with Crippen LogP contribution in [0.5, 0.6) is 0 Å². The van der Waals surface area contributed by atoms with E-state index in [0.29, 0.717) is 0 Å². The number of hydrogen-bond acceptors (Lipinski definition) is 2. The van der Waals surface area contributed by atoms with Crippen LogP contribution >= 0.6 is 31.9 Å². The molecule has 0 amide bonds. The molecule has 1 unspecified atom stereocenters. The van der Waals surface area contributed by atoms with E-state index < -0.39 is 0 Å². The van der Waals surface area contributed by atoms with Gasteiger partial charge < -0.3 is 5.32 Å². The lowest BCUT2D eigenvalue weighted by Gasteiger charge is -2.18. The summed E-state index contributed by atoms with van der Waals surface area (Å²) in [5, 5.41) is 7.76. The third-order valence-corrected chi connectivity index (χ3v) is 4.24. The first-order valence-corrected chi connectivity index (χ1v) is 7.87. The van der Waals surface area contributed by atoms with Crippen molar-refractivity contribution in [2.75, 3.05) is 7.05 Å². The van der Waals surface area contributed by atoms with Gasteiger partial charge in [0, 0.05) is 11.0 Å². The van der Waals surface area contributed by atoms with Crippen LogP contribution in [0.2, 0.25) is 0 Å². The second-order valence-corrected chi connectivity index (χ2v) is 6.14. The van der Waals surface area contributed by atoms with Crippen LogP contribution in [0.1, 0.15) is 24.2 Å². The lowest BCUT2D eigenvalue weighted by Crippen LogP contribution is -2.22. The molecule has 3 nitrogen and oxygen atoms in total. The summed E-state index contributed by atoms with van der Waals surface area (Å²) in [7, 11) is 1.99. The first kappa shape index (κ1) is 14.8. The molecule has 0 aliphatic heterocycles. The maximum Gasteiger partial charge on any atom is 0.0698 e. The van der Waals surface area contributed by atoms with Crippen LogP contribution in [0, 0.1) is 0 Å². The lowest BCUT2D eigenvalue weighted by molar-refractivity contribution is 0.511. The molecular formula is C14H17Br2N3. The van der Waals surface area contributed by atoms with E-state index in [1.165, 1.54) is 11.3 Å². The van der Waals surface area contributed by atoms with Crippen LogP contribution in [-0.2, 0) is 13.0 Å². The van der Waals surface area contributed by atoms with E-state index in [0.717, 1.165) is 21.9 Å². The molecule has 0 saturated heterocycles. The Morgan fingerprint density at radius 3 is 2.79 bits per heavy atom. The van der Waals surface area contributed by atoms with Gasteiger partial charge in [0.15, 0.2) is 0 Å². The molecular weight excluding hydrogens is 370 g/mol. The zero-order chi connectivity index (χ0) is 13.8. The molecule has 1 aromatic heterocycles. The molecule has 0 aliphatic carbocycles. The second kappa shape index (κ2) is 6.68. The van der Waals surface area contributed by atoms with Gasteiger partial charge in [0.25, 0.3) is 0 Å². The topological polar surface area (TPSA) is 29.9 Å². The first-order chi connectivity index (χ1) is 9.15. The average Bonchev–Trinajstić information content (AvgIpc) is 2.77. The highest BCUT2D eigenvalue weighted by Crippen LogP contribution is 2.26. The van der Waals surface area contributed by atoms with Gasteiger partial charge in [-0.1, -0.05) is 28.1 Å². The van der Waals surface area contributed by atoms with Crippen LogP contribution in [0.4, 0.5) is 0 Å². The fourth-order valence-electron chi connectivity index (χ4n) is 2.21. The summed E-state index contributed by atoms with van der Waals surface area (Å²) in [6, 6.07) is 8.66. The normalized spacial score (nSPS) is 12.6. The van der Waals surface area contributed by atoms with Crippen LogP contribution in [-0.4, -0.2) is 16.8 Å². The Bertz CT molecular complexity index is 551. The standard InChI is InChI=1S/C14H17Br2N3/c1-3-19-14(12(16)9-18-19)13(17-2)8-10-5-4-6-11(15)7-10/h4-7,9,13,17H,3,8H2,1-2H3. The maximum absolute atomic E-state index is 4.38. The van der Waals surface area contributed by atoms with Gasteiger partial charge in [0.05, 0.1) is 22.4 Å². The highest BCUT2D eigenvalue weighted by Gasteiger charge is 2.18. The van der Waals surface area contributed by atoms with Gasteiger partial charge in [-0.2, -0.15) is 5.10 Å². The number of rotatable bonds is 5. The molecule has 0 bridgehead atoms. The third kappa shape index (κ3) is 3.46. The zero-order valence-electron chi connectivity index (χ0n) is 11.0. The highest BCUT2D eigenvalue weighted by molar-refractivity contribution is 9.10. The molecule has 0 spiro atoms. The molecule has 2 aromatic rings. The highest BCUT2D eigenvalue weighted by atomic mass is 79.9. The molecule has 1 N–H and O–H groups in total. The number of hydrogen-bond donors (Lipinski definition) is 1. The van der Waals surface area contributed by atoms with Gasteiger partial charge in [-0.3, -0.25) is 4.68 Å². The number of nitrogens with one attached hydrogen (secondary N) is 1. The number of aromatic nitrogens is 2. The van der Waals surface area contributed by atoms with Crippen LogP contribution in [0.15, 0.2) is 39.4 Å². The van der Waals surface area contributed by atoms with Crippen molar-refractivity contribution >= 4 is 31.9 Å². The molecule has 5 heteroatoms. The minimum absolute atomic E-state index is 0.242. The molecule has 1 heterocycles. The summed E-state index contributed by atoms with van der Waals surface area (Å²) < 4.78 is 4.20. The Balaban J connectivity index is 2.27. The summed E-state index contributed by atoms with van der Waals surface area (Å²) in [5.74, 6) is 0. The molecule has 1 aromatic carbocycles. The fourth-order valence-corrected chi connectivity index (χ4v) is 3.22. The van der Waals surface area contributed by atoms with Crippen molar-refractivity contribution in [3.63, 3.8) is 0 Å². The smallest absolute Gasteiger partial charge is 0.0698 e.